The molecule has 0 bridgehead atoms. The minimum atomic E-state index is -0.520. The summed E-state index contributed by atoms with van der Waals surface area (Å²) >= 11 is 0. The molecule has 0 aliphatic carbocycles. The summed E-state index contributed by atoms with van der Waals surface area (Å²) in [5.74, 6) is 0.0479. The molecule has 1 aromatic carbocycles. The molecule has 7 rings (SSSR count). The van der Waals surface area contributed by atoms with Crippen molar-refractivity contribution >= 4 is 21.9 Å². The zero-order chi connectivity index (χ0) is 27.1. The van der Waals surface area contributed by atoms with Crippen molar-refractivity contribution in [2.45, 2.75) is 12.8 Å². The molecule has 0 spiro atoms. The van der Waals surface area contributed by atoms with E-state index in [-0.39, 0.29) is 5.75 Å². The van der Waals surface area contributed by atoms with E-state index in [2.05, 4.69) is 30.0 Å². The van der Waals surface area contributed by atoms with Gasteiger partial charge in [0.25, 0.3) is 0 Å². The van der Waals surface area contributed by atoms with Crippen LogP contribution in [0.25, 0.3) is 55.7 Å². The van der Waals surface area contributed by atoms with Gasteiger partial charge in [-0.25, -0.2) is 9.37 Å². The van der Waals surface area contributed by atoms with Gasteiger partial charge in [-0.1, -0.05) is 0 Å². The van der Waals surface area contributed by atoms with Crippen molar-refractivity contribution in [1.82, 2.24) is 35.0 Å². The third-order valence-corrected chi connectivity index (χ3v) is 7.29. The van der Waals surface area contributed by atoms with E-state index in [4.69, 9.17) is 9.72 Å². The monoisotopic (exact) mass is 535 g/mol. The van der Waals surface area contributed by atoms with Gasteiger partial charge in [-0.15, -0.1) is 0 Å². The molecule has 0 amide bonds. The Balaban J connectivity index is 1.21. The number of ether oxygens (including phenoxy) is 1. The lowest BCUT2D eigenvalue weighted by molar-refractivity contribution is 0.237. The van der Waals surface area contributed by atoms with Gasteiger partial charge in [0.15, 0.2) is 0 Å². The highest BCUT2D eigenvalue weighted by Gasteiger charge is 2.17. The van der Waals surface area contributed by atoms with E-state index in [9.17, 15) is 9.50 Å². The maximum Gasteiger partial charge on any atom is 0.138 e. The number of fused-ring (bicyclic) bond motifs is 2. The van der Waals surface area contributed by atoms with Gasteiger partial charge < -0.3 is 14.8 Å². The summed E-state index contributed by atoms with van der Waals surface area (Å²) in [4.78, 5) is 19.4. The van der Waals surface area contributed by atoms with Crippen molar-refractivity contribution in [1.29, 1.82) is 0 Å². The second-order valence-electron chi connectivity index (χ2n) is 10.0. The number of hydrogen-bond acceptors (Lipinski definition) is 7. The second-order valence-corrected chi connectivity index (χ2v) is 10.0. The van der Waals surface area contributed by atoms with Crippen LogP contribution in [0.1, 0.15) is 12.8 Å². The van der Waals surface area contributed by atoms with Gasteiger partial charge in [-0.2, -0.15) is 5.10 Å². The van der Waals surface area contributed by atoms with E-state index >= 15 is 0 Å². The Labute approximate surface area is 228 Å². The molecule has 1 aliphatic rings. The number of aromatic hydroxyl groups is 1. The van der Waals surface area contributed by atoms with Crippen LogP contribution in [-0.4, -0.2) is 66.4 Å². The molecule has 40 heavy (non-hydrogen) atoms. The Kier molecular flexibility index (Phi) is 6.09. The second kappa shape index (κ2) is 10.0. The molecule has 6 aromatic rings. The van der Waals surface area contributed by atoms with Crippen molar-refractivity contribution < 1.29 is 14.2 Å². The average molecular weight is 536 g/mol. The first kappa shape index (κ1) is 24.2. The number of aromatic nitrogens is 6. The summed E-state index contributed by atoms with van der Waals surface area (Å²) in [5, 5.41) is 18.3. The topological polar surface area (TPSA) is 116 Å². The van der Waals surface area contributed by atoms with Crippen LogP contribution in [0.15, 0.2) is 67.3 Å². The summed E-state index contributed by atoms with van der Waals surface area (Å²) < 4.78 is 20.0. The highest BCUT2D eigenvalue weighted by atomic mass is 19.1. The van der Waals surface area contributed by atoms with Crippen molar-refractivity contribution in [3.8, 4) is 45.3 Å². The smallest absolute Gasteiger partial charge is 0.138 e. The number of H-pyrrole nitrogens is 2. The lowest BCUT2D eigenvalue weighted by Crippen LogP contribution is -2.25. The number of nitrogens with zero attached hydrogens (tertiary/aromatic N) is 5. The van der Waals surface area contributed by atoms with E-state index in [1.54, 1.807) is 24.8 Å². The highest BCUT2D eigenvalue weighted by molar-refractivity contribution is 6.00. The standard InChI is InChI=1S/C30H26FN7O2/c31-20-9-18(10-21(39)12-20)24-16-33-17-28-23(24)13-27(34-28)30-29-26(36-37-30)4-3-25(35-29)19-11-22(15-32-14-19)40-8-7-38-5-1-2-6-38/h3-4,9-17,34,39H,1-2,5-8H2,(H,36,37). The van der Waals surface area contributed by atoms with Crippen molar-refractivity contribution in [2.24, 2.45) is 0 Å². The summed E-state index contributed by atoms with van der Waals surface area (Å²) in [5.41, 5.74) is 6.44. The molecule has 0 atom stereocenters. The fraction of sp³-hybridized carbons (Fsp3) is 0.200. The largest absolute Gasteiger partial charge is 0.508 e. The fourth-order valence-electron chi connectivity index (χ4n) is 5.32. The number of halogens is 1. The molecule has 9 nitrogen and oxygen atoms in total. The third-order valence-electron chi connectivity index (χ3n) is 7.29. The van der Waals surface area contributed by atoms with E-state index in [0.29, 0.717) is 34.7 Å². The molecule has 6 heterocycles. The molecule has 200 valence electrons. The molecule has 0 radical (unpaired) electrons. The van der Waals surface area contributed by atoms with Gasteiger partial charge in [0.2, 0.25) is 0 Å². The number of pyridine rings is 3. The predicted molar refractivity (Wildman–Crippen MR) is 150 cm³/mol. The lowest BCUT2D eigenvalue weighted by Gasteiger charge is -2.15. The third kappa shape index (κ3) is 4.62. The Morgan fingerprint density at radius 1 is 0.925 bits per heavy atom. The lowest BCUT2D eigenvalue weighted by atomic mass is 10.0. The maximum atomic E-state index is 14.0. The molecule has 3 N–H and O–H groups in total. The minimum Gasteiger partial charge on any atom is -0.508 e. The first-order valence-electron chi connectivity index (χ1n) is 13.2. The van der Waals surface area contributed by atoms with Crippen LogP contribution < -0.4 is 4.74 Å². The Morgan fingerprint density at radius 3 is 2.67 bits per heavy atom. The number of benzene rings is 1. The van der Waals surface area contributed by atoms with E-state index in [1.165, 1.54) is 25.0 Å². The molecular weight excluding hydrogens is 509 g/mol. The van der Waals surface area contributed by atoms with Gasteiger partial charge in [0.1, 0.15) is 35.1 Å². The molecule has 0 unspecified atom stereocenters. The number of phenols is 1. The molecule has 5 aromatic heterocycles. The van der Waals surface area contributed by atoms with Gasteiger partial charge in [-0.3, -0.25) is 20.0 Å². The summed E-state index contributed by atoms with van der Waals surface area (Å²) in [6, 6.07) is 11.7. The Hall–Kier alpha value is -4.83. The molecular formula is C30H26FN7O2. The van der Waals surface area contributed by atoms with E-state index in [0.717, 1.165) is 59.1 Å². The van der Waals surface area contributed by atoms with Crippen molar-refractivity contribution in [3.63, 3.8) is 0 Å². The Morgan fingerprint density at radius 2 is 1.80 bits per heavy atom. The van der Waals surface area contributed by atoms with Crippen LogP contribution in [0.5, 0.6) is 11.5 Å². The summed E-state index contributed by atoms with van der Waals surface area (Å²) in [6.07, 6.45) is 9.38. The van der Waals surface area contributed by atoms with E-state index < -0.39 is 5.82 Å². The quantitative estimate of drug-likeness (QED) is 0.245. The van der Waals surface area contributed by atoms with Crippen LogP contribution >= 0.6 is 0 Å². The van der Waals surface area contributed by atoms with Crippen LogP contribution in [0, 0.1) is 5.82 Å². The van der Waals surface area contributed by atoms with Gasteiger partial charge in [0, 0.05) is 41.5 Å². The minimum absolute atomic E-state index is 0.145. The van der Waals surface area contributed by atoms with Gasteiger partial charge in [-0.05, 0) is 67.9 Å². The van der Waals surface area contributed by atoms with Crippen molar-refractivity contribution in [2.75, 3.05) is 26.2 Å². The predicted octanol–water partition coefficient (Wildman–Crippen LogP) is 5.55. The molecule has 1 fully saturated rings. The molecule has 1 aliphatic heterocycles. The molecule has 1 saturated heterocycles. The molecule has 0 saturated carbocycles. The van der Waals surface area contributed by atoms with Gasteiger partial charge in [0.05, 0.1) is 34.8 Å². The summed E-state index contributed by atoms with van der Waals surface area (Å²) in [6.45, 7) is 3.81. The average Bonchev–Trinajstić information content (AvgIpc) is 3.71. The number of hydrogen-bond donors (Lipinski definition) is 3. The van der Waals surface area contributed by atoms with Crippen LogP contribution in [-0.2, 0) is 0 Å². The first-order valence-corrected chi connectivity index (χ1v) is 13.2. The highest BCUT2D eigenvalue weighted by Crippen LogP contribution is 2.35. The maximum absolute atomic E-state index is 14.0. The van der Waals surface area contributed by atoms with E-state index in [1.807, 2.05) is 24.3 Å². The van der Waals surface area contributed by atoms with Crippen LogP contribution in [0.3, 0.4) is 0 Å². The number of nitrogens with one attached hydrogen (secondary N) is 2. The van der Waals surface area contributed by atoms with Crippen molar-refractivity contribution in [3.05, 3.63) is 73.1 Å². The molecule has 10 heteroatoms. The summed E-state index contributed by atoms with van der Waals surface area (Å²) in [7, 11) is 0. The Bertz CT molecular complexity index is 1820. The number of rotatable bonds is 7. The van der Waals surface area contributed by atoms with Crippen LogP contribution in [0.2, 0.25) is 0 Å². The number of likely N-dealkylation sites (tertiary alicyclic amines) is 1. The number of aromatic amines is 2. The SMILES string of the molecule is Oc1cc(F)cc(-c2cncc3[nH]c(-c4n[nH]c5ccc(-c6cncc(OCCN7CCCC7)c6)nc45)cc23)c1. The van der Waals surface area contributed by atoms with Gasteiger partial charge >= 0.3 is 0 Å². The van der Waals surface area contributed by atoms with Crippen LogP contribution in [0.4, 0.5) is 4.39 Å². The normalized spacial score (nSPS) is 13.9. The fourth-order valence-corrected chi connectivity index (χ4v) is 5.32. The zero-order valence-corrected chi connectivity index (χ0v) is 21.6. The zero-order valence-electron chi connectivity index (χ0n) is 21.6. The first-order chi connectivity index (χ1) is 19.6. The number of phenolic OH excluding ortho intramolecular Hbond substituents is 1.